The number of carbonyl (C=O) groups excluding carboxylic acids is 1. The minimum Gasteiger partial charge on any atom is -0.337 e. The van der Waals surface area contributed by atoms with E-state index in [-0.39, 0.29) is 6.03 Å². The van der Waals surface area contributed by atoms with Gasteiger partial charge in [0.25, 0.3) is 0 Å². The predicted molar refractivity (Wildman–Crippen MR) is 70.2 cm³/mol. The maximum absolute atomic E-state index is 11.2. The number of carbonyl (C=O) groups is 1. The van der Waals surface area contributed by atoms with Crippen LogP contribution in [0.5, 0.6) is 0 Å². The molecule has 0 unspecified atom stereocenters. The summed E-state index contributed by atoms with van der Waals surface area (Å²) in [7, 11) is 3.50. The zero-order valence-electron chi connectivity index (χ0n) is 11.2. The molecule has 1 aliphatic heterocycles. The third-order valence-electron chi connectivity index (χ3n) is 3.01. The summed E-state index contributed by atoms with van der Waals surface area (Å²) in [6.07, 6.45) is 3.93. The normalized spacial score (nSPS) is 16.1. The largest absolute Gasteiger partial charge is 0.337 e. The molecule has 5 heteroatoms. The first-order valence-corrected chi connectivity index (χ1v) is 6.58. The molecule has 1 heterocycles. The minimum atomic E-state index is -0.0242. The fraction of sp³-hybridized carbons (Fsp3) is 0.917. The van der Waals surface area contributed by atoms with E-state index in [0.29, 0.717) is 6.54 Å². The second kappa shape index (κ2) is 8.31. The highest BCUT2D eigenvalue weighted by atomic mass is 16.2. The molecule has 0 aromatic rings. The van der Waals surface area contributed by atoms with Crippen molar-refractivity contribution < 1.29 is 4.79 Å². The summed E-state index contributed by atoms with van der Waals surface area (Å²) in [5, 5.41) is 6.17. The van der Waals surface area contributed by atoms with E-state index in [0.717, 1.165) is 13.1 Å². The van der Waals surface area contributed by atoms with Crippen molar-refractivity contribution in [1.29, 1.82) is 0 Å². The lowest BCUT2D eigenvalue weighted by molar-refractivity contribution is 0.217. The highest BCUT2D eigenvalue weighted by Gasteiger charge is 2.09. The molecule has 100 valence electrons. The lowest BCUT2D eigenvalue weighted by atomic mass is 10.4. The van der Waals surface area contributed by atoms with E-state index in [9.17, 15) is 4.79 Å². The number of amides is 2. The Balaban J connectivity index is 1.82. The van der Waals surface area contributed by atoms with Gasteiger partial charge < -0.3 is 20.4 Å². The smallest absolute Gasteiger partial charge is 0.316 e. The molecule has 0 radical (unpaired) electrons. The highest BCUT2D eigenvalue weighted by molar-refractivity contribution is 5.73. The van der Waals surface area contributed by atoms with Gasteiger partial charge in [-0.25, -0.2) is 4.79 Å². The van der Waals surface area contributed by atoms with Gasteiger partial charge in [0.05, 0.1) is 0 Å². The van der Waals surface area contributed by atoms with E-state index in [4.69, 9.17) is 0 Å². The summed E-state index contributed by atoms with van der Waals surface area (Å²) in [6.45, 7) is 6.34. The van der Waals surface area contributed by atoms with Gasteiger partial charge in [-0.15, -0.1) is 0 Å². The van der Waals surface area contributed by atoms with Crippen molar-refractivity contribution in [2.45, 2.75) is 19.3 Å². The van der Waals surface area contributed by atoms with E-state index < -0.39 is 0 Å². The standard InChI is InChI=1S/C12H26N4O/c1-15(2)12(17)14-8-7-13-6-5-11-16-9-3-4-10-16/h13H,3-11H2,1-2H3,(H,14,17). The monoisotopic (exact) mass is 242 g/mol. The Hall–Kier alpha value is -0.810. The van der Waals surface area contributed by atoms with E-state index in [1.54, 1.807) is 19.0 Å². The van der Waals surface area contributed by atoms with Crippen LogP contribution in [0.3, 0.4) is 0 Å². The van der Waals surface area contributed by atoms with Crippen molar-refractivity contribution in [2.24, 2.45) is 0 Å². The maximum Gasteiger partial charge on any atom is 0.316 e. The fourth-order valence-corrected chi connectivity index (χ4v) is 1.97. The Morgan fingerprint density at radius 1 is 1.18 bits per heavy atom. The van der Waals surface area contributed by atoms with E-state index >= 15 is 0 Å². The molecular formula is C12H26N4O. The lowest BCUT2D eigenvalue weighted by Gasteiger charge is -2.15. The summed E-state index contributed by atoms with van der Waals surface area (Å²) < 4.78 is 0. The van der Waals surface area contributed by atoms with E-state index in [1.165, 1.54) is 38.9 Å². The third-order valence-corrected chi connectivity index (χ3v) is 3.01. The zero-order valence-corrected chi connectivity index (χ0v) is 11.2. The van der Waals surface area contributed by atoms with Gasteiger partial charge in [0.1, 0.15) is 0 Å². The number of hydrogen-bond acceptors (Lipinski definition) is 3. The van der Waals surface area contributed by atoms with Gasteiger partial charge in [0.15, 0.2) is 0 Å². The molecule has 1 saturated heterocycles. The molecule has 17 heavy (non-hydrogen) atoms. The molecule has 0 aliphatic carbocycles. The van der Waals surface area contributed by atoms with Crippen molar-refractivity contribution in [3.8, 4) is 0 Å². The topological polar surface area (TPSA) is 47.6 Å². The second-order valence-corrected chi connectivity index (χ2v) is 4.78. The molecule has 2 amide bonds. The van der Waals surface area contributed by atoms with Crippen molar-refractivity contribution in [1.82, 2.24) is 20.4 Å². The molecule has 1 fully saturated rings. The average Bonchev–Trinajstić information content (AvgIpc) is 2.80. The number of urea groups is 1. The summed E-state index contributed by atoms with van der Waals surface area (Å²) in [4.78, 5) is 15.3. The fourth-order valence-electron chi connectivity index (χ4n) is 1.97. The van der Waals surface area contributed by atoms with Crippen LogP contribution in [0, 0.1) is 0 Å². The second-order valence-electron chi connectivity index (χ2n) is 4.78. The summed E-state index contributed by atoms with van der Waals surface area (Å²) in [6, 6.07) is -0.0242. The molecule has 0 aromatic carbocycles. The molecule has 0 atom stereocenters. The molecule has 5 nitrogen and oxygen atoms in total. The molecule has 0 aromatic heterocycles. The van der Waals surface area contributed by atoms with Gasteiger partial charge in [-0.05, 0) is 45.4 Å². The number of likely N-dealkylation sites (tertiary alicyclic amines) is 1. The zero-order chi connectivity index (χ0) is 12.5. The van der Waals surface area contributed by atoms with E-state index in [1.807, 2.05) is 0 Å². The maximum atomic E-state index is 11.2. The predicted octanol–water partition coefficient (Wildman–Crippen LogP) is 0.333. The van der Waals surface area contributed by atoms with Crippen molar-refractivity contribution >= 4 is 6.03 Å². The number of rotatable bonds is 7. The number of nitrogens with one attached hydrogen (secondary N) is 2. The van der Waals surface area contributed by atoms with Gasteiger partial charge in [0, 0.05) is 27.2 Å². The van der Waals surface area contributed by atoms with Crippen molar-refractivity contribution in [3.63, 3.8) is 0 Å². The van der Waals surface area contributed by atoms with Crippen LogP contribution in [-0.2, 0) is 0 Å². The Kier molecular flexibility index (Phi) is 6.96. The van der Waals surface area contributed by atoms with Crippen LogP contribution in [0.1, 0.15) is 19.3 Å². The molecule has 2 N–H and O–H groups in total. The van der Waals surface area contributed by atoms with Crippen LogP contribution >= 0.6 is 0 Å². The SMILES string of the molecule is CN(C)C(=O)NCCNCCCN1CCCC1. The van der Waals surface area contributed by atoms with Crippen LogP contribution in [0.4, 0.5) is 4.79 Å². The minimum absolute atomic E-state index is 0.0242. The Labute approximate surface area is 105 Å². The summed E-state index contributed by atoms with van der Waals surface area (Å²) in [5.74, 6) is 0. The number of nitrogens with zero attached hydrogens (tertiary/aromatic N) is 2. The van der Waals surface area contributed by atoms with Crippen LogP contribution in [0.2, 0.25) is 0 Å². The van der Waals surface area contributed by atoms with Gasteiger partial charge >= 0.3 is 6.03 Å². The Morgan fingerprint density at radius 3 is 2.53 bits per heavy atom. The number of hydrogen-bond donors (Lipinski definition) is 2. The molecule has 0 bridgehead atoms. The summed E-state index contributed by atoms with van der Waals surface area (Å²) in [5.41, 5.74) is 0. The first-order chi connectivity index (χ1) is 8.20. The third kappa shape index (κ3) is 6.48. The summed E-state index contributed by atoms with van der Waals surface area (Å²) >= 11 is 0. The molecule has 1 rings (SSSR count). The van der Waals surface area contributed by atoms with Gasteiger partial charge in [-0.1, -0.05) is 0 Å². The Morgan fingerprint density at radius 2 is 1.88 bits per heavy atom. The van der Waals surface area contributed by atoms with Crippen LogP contribution < -0.4 is 10.6 Å². The lowest BCUT2D eigenvalue weighted by Crippen LogP contribution is -2.38. The molecule has 0 spiro atoms. The highest BCUT2D eigenvalue weighted by Crippen LogP contribution is 2.06. The van der Waals surface area contributed by atoms with Crippen LogP contribution in [-0.4, -0.2) is 69.2 Å². The first-order valence-electron chi connectivity index (χ1n) is 6.58. The van der Waals surface area contributed by atoms with Gasteiger partial charge in [-0.3, -0.25) is 0 Å². The van der Waals surface area contributed by atoms with Crippen LogP contribution in [0.15, 0.2) is 0 Å². The van der Waals surface area contributed by atoms with Crippen molar-refractivity contribution in [3.05, 3.63) is 0 Å². The molecular weight excluding hydrogens is 216 g/mol. The Bertz CT molecular complexity index is 215. The first kappa shape index (κ1) is 14.3. The molecule has 0 saturated carbocycles. The quantitative estimate of drug-likeness (QED) is 0.633. The molecule has 1 aliphatic rings. The van der Waals surface area contributed by atoms with Gasteiger partial charge in [0.2, 0.25) is 0 Å². The van der Waals surface area contributed by atoms with Crippen molar-refractivity contribution in [2.75, 3.05) is 53.4 Å². The van der Waals surface area contributed by atoms with Crippen LogP contribution in [0.25, 0.3) is 0 Å². The van der Waals surface area contributed by atoms with Gasteiger partial charge in [-0.2, -0.15) is 0 Å². The van der Waals surface area contributed by atoms with E-state index in [2.05, 4.69) is 15.5 Å². The average molecular weight is 242 g/mol.